The van der Waals surface area contributed by atoms with Gasteiger partial charge in [0.05, 0.1) is 12.2 Å². The van der Waals surface area contributed by atoms with Gasteiger partial charge < -0.3 is 15.2 Å². The fraction of sp³-hybridized carbons (Fsp3) is 1.00. The molecule has 16 heavy (non-hydrogen) atoms. The van der Waals surface area contributed by atoms with Crippen LogP contribution < -0.4 is 5.32 Å². The summed E-state index contributed by atoms with van der Waals surface area (Å²) in [5.41, 5.74) is -0.0406. The molecule has 0 aromatic rings. The van der Waals surface area contributed by atoms with Crippen LogP contribution in [-0.2, 0) is 4.74 Å². The molecule has 2 rings (SSSR count). The molecule has 2 N–H and O–H groups in total. The van der Waals surface area contributed by atoms with E-state index in [4.69, 9.17) is 4.74 Å². The lowest BCUT2D eigenvalue weighted by Gasteiger charge is -2.41. The summed E-state index contributed by atoms with van der Waals surface area (Å²) in [4.78, 5) is 0. The first-order valence-corrected chi connectivity index (χ1v) is 7.31. The molecule has 1 spiro atoms. The third-order valence-electron chi connectivity index (χ3n) is 3.55. The summed E-state index contributed by atoms with van der Waals surface area (Å²) in [5, 5.41) is 12.8. The molecule has 0 saturated carbocycles. The first-order chi connectivity index (χ1) is 7.55. The Labute approximate surface area is 102 Å². The lowest BCUT2D eigenvalue weighted by molar-refractivity contribution is -0.0741. The Morgan fingerprint density at radius 2 is 2.38 bits per heavy atom. The van der Waals surface area contributed by atoms with Crippen molar-refractivity contribution in [3.63, 3.8) is 0 Å². The molecule has 2 fully saturated rings. The van der Waals surface area contributed by atoms with Crippen LogP contribution in [0.4, 0.5) is 0 Å². The number of aliphatic hydroxyl groups is 1. The summed E-state index contributed by atoms with van der Waals surface area (Å²) in [6.45, 7) is 5.16. The van der Waals surface area contributed by atoms with E-state index in [1.54, 1.807) is 0 Å². The summed E-state index contributed by atoms with van der Waals surface area (Å²) in [5.74, 6) is 2.38. The molecule has 2 aliphatic rings. The summed E-state index contributed by atoms with van der Waals surface area (Å²) in [7, 11) is 0. The Kier molecular flexibility index (Phi) is 3.84. The van der Waals surface area contributed by atoms with Crippen LogP contribution in [0, 0.1) is 0 Å². The van der Waals surface area contributed by atoms with Crippen LogP contribution in [0.5, 0.6) is 0 Å². The van der Waals surface area contributed by atoms with E-state index < -0.39 is 0 Å². The third kappa shape index (κ3) is 2.92. The van der Waals surface area contributed by atoms with Crippen LogP contribution in [0.1, 0.15) is 33.1 Å². The van der Waals surface area contributed by atoms with Crippen LogP contribution in [0.25, 0.3) is 0 Å². The predicted molar refractivity (Wildman–Crippen MR) is 67.9 cm³/mol. The number of hydrogen-bond donors (Lipinski definition) is 2. The van der Waals surface area contributed by atoms with Crippen molar-refractivity contribution >= 4 is 11.8 Å². The van der Waals surface area contributed by atoms with Gasteiger partial charge in [0, 0.05) is 23.9 Å². The number of rotatable bonds is 3. The average Bonchev–Trinajstić information content (AvgIpc) is 2.66. The fourth-order valence-corrected chi connectivity index (χ4v) is 3.99. The molecule has 2 atom stereocenters. The quantitative estimate of drug-likeness (QED) is 0.789. The molecule has 0 aromatic carbocycles. The fourth-order valence-electron chi connectivity index (χ4n) is 2.61. The van der Waals surface area contributed by atoms with Crippen molar-refractivity contribution in [1.29, 1.82) is 0 Å². The topological polar surface area (TPSA) is 41.5 Å². The lowest BCUT2D eigenvalue weighted by atomic mass is 9.88. The van der Waals surface area contributed by atoms with E-state index in [0.717, 1.165) is 25.2 Å². The van der Waals surface area contributed by atoms with E-state index in [2.05, 4.69) is 19.2 Å². The molecule has 2 heterocycles. The van der Waals surface area contributed by atoms with Crippen molar-refractivity contribution < 1.29 is 9.84 Å². The maximum atomic E-state index is 9.28. The molecule has 2 aliphatic heterocycles. The van der Waals surface area contributed by atoms with Gasteiger partial charge in [0.2, 0.25) is 0 Å². The SMILES string of the molecule is CC(C)(CO)NC1CCOC2(CCSC2)C1. The highest BCUT2D eigenvalue weighted by Gasteiger charge is 2.41. The van der Waals surface area contributed by atoms with E-state index >= 15 is 0 Å². The standard InChI is InChI=1S/C12H23NO2S/c1-11(2,8-14)13-10-3-5-15-12(7-10)4-6-16-9-12/h10,13-14H,3-9H2,1-2H3. The minimum absolute atomic E-state index is 0.131. The average molecular weight is 245 g/mol. The van der Waals surface area contributed by atoms with Crippen LogP contribution in [0.2, 0.25) is 0 Å². The van der Waals surface area contributed by atoms with Gasteiger partial charge in [-0.05, 0) is 38.9 Å². The summed E-state index contributed by atoms with van der Waals surface area (Å²) >= 11 is 2.00. The number of nitrogens with one attached hydrogen (secondary N) is 1. The van der Waals surface area contributed by atoms with Gasteiger partial charge in [-0.2, -0.15) is 11.8 Å². The van der Waals surface area contributed by atoms with Crippen molar-refractivity contribution in [2.24, 2.45) is 0 Å². The Hall–Kier alpha value is 0.230. The van der Waals surface area contributed by atoms with Crippen LogP contribution in [0.15, 0.2) is 0 Å². The first kappa shape index (κ1) is 12.7. The van der Waals surface area contributed by atoms with Crippen molar-refractivity contribution in [2.75, 3.05) is 24.7 Å². The minimum atomic E-state index is -0.172. The molecule has 0 aliphatic carbocycles. The number of aliphatic hydroxyl groups excluding tert-OH is 1. The minimum Gasteiger partial charge on any atom is -0.394 e. The van der Waals surface area contributed by atoms with Gasteiger partial charge in [-0.1, -0.05) is 0 Å². The Morgan fingerprint density at radius 1 is 1.56 bits per heavy atom. The molecule has 0 aromatic heterocycles. The van der Waals surface area contributed by atoms with Crippen molar-refractivity contribution in [1.82, 2.24) is 5.32 Å². The molecule has 94 valence electrons. The van der Waals surface area contributed by atoms with Gasteiger partial charge >= 0.3 is 0 Å². The van der Waals surface area contributed by atoms with Crippen LogP contribution >= 0.6 is 11.8 Å². The van der Waals surface area contributed by atoms with E-state index in [1.807, 2.05) is 11.8 Å². The van der Waals surface area contributed by atoms with Gasteiger partial charge in [0.15, 0.2) is 0 Å². The largest absolute Gasteiger partial charge is 0.394 e. The molecule has 3 nitrogen and oxygen atoms in total. The Balaban J connectivity index is 1.91. The monoisotopic (exact) mass is 245 g/mol. The maximum Gasteiger partial charge on any atom is 0.0795 e. The zero-order valence-corrected chi connectivity index (χ0v) is 11.1. The normalized spacial score (nSPS) is 35.8. The number of thioether (sulfide) groups is 1. The van der Waals surface area contributed by atoms with Gasteiger partial charge in [0.1, 0.15) is 0 Å². The van der Waals surface area contributed by atoms with Gasteiger partial charge in [-0.3, -0.25) is 0 Å². The Morgan fingerprint density at radius 3 is 3.00 bits per heavy atom. The highest BCUT2D eigenvalue weighted by atomic mass is 32.2. The predicted octanol–water partition coefficient (Wildman–Crippen LogP) is 1.40. The number of ether oxygens (including phenoxy) is 1. The van der Waals surface area contributed by atoms with Gasteiger partial charge in [0.25, 0.3) is 0 Å². The van der Waals surface area contributed by atoms with E-state index in [9.17, 15) is 5.11 Å². The zero-order chi connectivity index (χ0) is 11.6. The molecule has 0 bridgehead atoms. The first-order valence-electron chi connectivity index (χ1n) is 6.16. The molecular weight excluding hydrogens is 222 g/mol. The molecule has 4 heteroatoms. The summed E-state index contributed by atoms with van der Waals surface area (Å²) in [6, 6.07) is 0.495. The second kappa shape index (κ2) is 4.84. The highest BCUT2D eigenvalue weighted by Crippen LogP contribution is 2.38. The van der Waals surface area contributed by atoms with Gasteiger partial charge in [-0.25, -0.2) is 0 Å². The Bertz CT molecular complexity index is 239. The van der Waals surface area contributed by atoms with E-state index in [0.29, 0.717) is 6.04 Å². The van der Waals surface area contributed by atoms with Crippen LogP contribution in [0.3, 0.4) is 0 Å². The lowest BCUT2D eigenvalue weighted by Crippen LogP contribution is -2.54. The summed E-state index contributed by atoms with van der Waals surface area (Å²) < 4.78 is 5.98. The highest BCUT2D eigenvalue weighted by molar-refractivity contribution is 7.99. The molecule has 2 unspecified atom stereocenters. The van der Waals surface area contributed by atoms with Crippen molar-refractivity contribution in [3.05, 3.63) is 0 Å². The van der Waals surface area contributed by atoms with Crippen molar-refractivity contribution in [2.45, 2.75) is 50.3 Å². The van der Waals surface area contributed by atoms with E-state index in [1.165, 1.54) is 12.2 Å². The molecule has 0 radical (unpaired) electrons. The smallest absolute Gasteiger partial charge is 0.0795 e. The molecular formula is C12H23NO2S. The maximum absolute atomic E-state index is 9.28. The second-order valence-electron chi connectivity index (χ2n) is 5.71. The molecule has 0 amide bonds. The second-order valence-corrected chi connectivity index (χ2v) is 6.82. The van der Waals surface area contributed by atoms with Gasteiger partial charge in [-0.15, -0.1) is 0 Å². The summed E-state index contributed by atoms with van der Waals surface area (Å²) in [6.07, 6.45) is 3.36. The van der Waals surface area contributed by atoms with Crippen molar-refractivity contribution in [3.8, 4) is 0 Å². The number of hydrogen-bond acceptors (Lipinski definition) is 4. The molecule has 2 saturated heterocycles. The van der Waals surface area contributed by atoms with Crippen LogP contribution in [-0.4, -0.2) is 47.0 Å². The van der Waals surface area contributed by atoms with E-state index in [-0.39, 0.29) is 17.7 Å². The zero-order valence-electron chi connectivity index (χ0n) is 10.3. The third-order valence-corrected chi connectivity index (χ3v) is 4.77.